The number of ether oxygens (including phenoxy) is 1. The van der Waals surface area contributed by atoms with Gasteiger partial charge < -0.3 is 14.6 Å². The topological polar surface area (TPSA) is 115 Å². The molecule has 0 spiro atoms. The highest BCUT2D eigenvalue weighted by Crippen LogP contribution is 2.32. The number of fused-ring (bicyclic) bond motifs is 1. The summed E-state index contributed by atoms with van der Waals surface area (Å²) in [5, 5.41) is 6.84. The van der Waals surface area contributed by atoms with Gasteiger partial charge in [-0.2, -0.15) is 18.3 Å². The highest BCUT2D eigenvalue weighted by molar-refractivity contribution is 5.86. The van der Waals surface area contributed by atoms with Crippen molar-refractivity contribution in [2.75, 3.05) is 12.4 Å². The van der Waals surface area contributed by atoms with E-state index < -0.39 is 64.3 Å². The van der Waals surface area contributed by atoms with Crippen LogP contribution in [0.25, 0.3) is 22.2 Å². The Kier molecular flexibility index (Phi) is 7.60. The number of methoxy groups -OCH3 is 1. The minimum Gasteiger partial charge on any atom is -0.494 e. The van der Waals surface area contributed by atoms with Crippen molar-refractivity contribution in [3.05, 3.63) is 74.8 Å². The Morgan fingerprint density at radius 1 is 1.13 bits per heavy atom. The van der Waals surface area contributed by atoms with Gasteiger partial charge in [0.2, 0.25) is 0 Å². The van der Waals surface area contributed by atoms with E-state index in [9.17, 15) is 35.9 Å². The lowest BCUT2D eigenvalue weighted by molar-refractivity contribution is -0.138. The molecule has 39 heavy (non-hydrogen) atoms. The third-order valence-corrected chi connectivity index (χ3v) is 5.80. The number of H-pyrrole nitrogens is 1. The van der Waals surface area contributed by atoms with E-state index in [1.165, 1.54) is 44.8 Å². The lowest BCUT2D eigenvalue weighted by Crippen LogP contribution is -2.30. The van der Waals surface area contributed by atoms with Crippen molar-refractivity contribution in [2.24, 2.45) is 0 Å². The molecule has 4 rings (SSSR count). The van der Waals surface area contributed by atoms with E-state index in [1.54, 1.807) is 5.10 Å². The summed E-state index contributed by atoms with van der Waals surface area (Å²) >= 11 is 0. The molecule has 0 bridgehead atoms. The van der Waals surface area contributed by atoms with E-state index in [2.05, 4.69) is 20.4 Å². The molecule has 0 aliphatic rings. The van der Waals surface area contributed by atoms with Crippen LogP contribution < -0.4 is 21.2 Å². The predicted molar refractivity (Wildman–Crippen MR) is 128 cm³/mol. The van der Waals surface area contributed by atoms with Crippen LogP contribution in [0.2, 0.25) is 0 Å². The number of hydrogen-bond acceptors (Lipinski definition) is 7. The number of nitrogens with zero attached hydrogens (tertiary/aromatic N) is 4. The summed E-state index contributed by atoms with van der Waals surface area (Å²) < 4.78 is 90.2. The molecule has 1 aromatic carbocycles. The minimum atomic E-state index is -4.98. The summed E-state index contributed by atoms with van der Waals surface area (Å²) in [7, 11) is 1.38. The van der Waals surface area contributed by atoms with E-state index in [0.717, 1.165) is 10.8 Å². The van der Waals surface area contributed by atoms with Gasteiger partial charge in [-0.05, 0) is 24.4 Å². The summed E-state index contributed by atoms with van der Waals surface area (Å²) in [6, 6.07) is 1.55. The molecular formula is C24H20F6N6O3. The number of aromatic nitrogens is 5. The zero-order valence-corrected chi connectivity index (χ0v) is 20.3. The third-order valence-electron chi connectivity index (χ3n) is 5.80. The first kappa shape index (κ1) is 27.6. The lowest BCUT2D eigenvalue weighted by Gasteiger charge is -2.20. The first-order chi connectivity index (χ1) is 18.4. The monoisotopic (exact) mass is 554 g/mol. The average Bonchev–Trinajstić information content (AvgIpc) is 2.87. The molecule has 0 aliphatic carbocycles. The normalized spacial score (nSPS) is 13.3. The number of rotatable bonds is 8. The molecule has 0 aliphatic heterocycles. The van der Waals surface area contributed by atoms with Crippen molar-refractivity contribution in [1.29, 1.82) is 0 Å². The molecule has 15 heteroatoms. The van der Waals surface area contributed by atoms with Crippen molar-refractivity contribution in [1.82, 2.24) is 24.7 Å². The molecular weight excluding hydrogens is 534 g/mol. The van der Waals surface area contributed by atoms with Crippen LogP contribution in [0.1, 0.15) is 18.9 Å². The van der Waals surface area contributed by atoms with Crippen LogP contribution in [-0.4, -0.2) is 44.1 Å². The average molecular weight is 554 g/mol. The van der Waals surface area contributed by atoms with Crippen LogP contribution in [0, 0.1) is 11.6 Å². The second-order valence-corrected chi connectivity index (χ2v) is 8.60. The number of alkyl halides is 4. The van der Waals surface area contributed by atoms with Gasteiger partial charge in [0, 0.05) is 18.7 Å². The van der Waals surface area contributed by atoms with Crippen molar-refractivity contribution in [3.8, 4) is 17.1 Å². The van der Waals surface area contributed by atoms with E-state index in [0.29, 0.717) is 5.75 Å². The predicted octanol–water partition coefficient (Wildman–Crippen LogP) is 4.08. The second kappa shape index (κ2) is 10.7. The summed E-state index contributed by atoms with van der Waals surface area (Å²) in [4.78, 5) is 32.3. The number of nitrogens with one attached hydrogen (secondary N) is 2. The number of hydrogen-bond donors (Lipinski definition) is 2. The molecule has 0 radical (unpaired) electrons. The number of halogens is 6. The molecule has 0 amide bonds. The number of aromatic amines is 1. The number of pyridine rings is 1. The van der Waals surface area contributed by atoms with Crippen molar-refractivity contribution < 1.29 is 31.1 Å². The molecule has 0 fully saturated rings. The standard InChI is InChI=1S/C24H20F6N6O3/c1-11(34-16-9-33-35-22(37)18(16)24(28,29)30)5-13(25)10-36-4-3-12-6-15(19(26)20(27)17(12)23(36)38)21-31-7-14(39-2)8-32-21/h3-4,6-9,11,13H,5,10H2,1-2H3,(H2,34,35,37). The van der Waals surface area contributed by atoms with Gasteiger partial charge in [-0.25, -0.2) is 28.2 Å². The van der Waals surface area contributed by atoms with Gasteiger partial charge in [-0.15, -0.1) is 0 Å². The molecule has 3 aromatic heterocycles. The van der Waals surface area contributed by atoms with Gasteiger partial charge in [-0.3, -0.25) is 9.59 Å². The van der Waals surface area contributed by atoms with Crippen LogP contribution in [0.15, 0.2) is 46.5 Å². The maximum Gasteiger partial charge on any atom is 0.423 e. The maximum absolute atomic E-state index is 15.0. The molecule has 3 heterocycles. The Morgan fingerprint density at radius 3 is 2.46 bits per heavy atom. The quantitative estimate of drug-likeness (QED) is 0.316. The lowest BCUT2D eigenvalue weighted by atomic mass is 10.1. The summed E-state index contributed by atoms with van der Waals surface area (Å²) in [5.41, 5.74) is -4.91. The zero-order valence-electron chi connectivity index (χ0n) is 20.3. The fourth-order valence-corrected chi connectivity index (χ4v) is 4.03. The van der Waals surface area contributed by atoms with Crippen LogP contribution in [0.4, 0.5) is 32.0 Å². The van der Waals surface area contributed by atoms with Crippen LogP contribution in [0.5, 0.6) is 5.75 Å². The Morgan fingerprint density at radius 2 is 1.82 bits per heavy atom. The van der Waals surface area contributed by atoms with E-state index in [4.69, 9.17) is 4.74 Å². The van der Waals surface area contributed by atoms with Crippen LogP contribution in [0.3, 0.4) is 0 Å². The first-order valence-electron chi connectivity index (χ1n) is 11.3. The number of benzene rings is 1. The fraction of sp³-hybridized carbons (Fsp3) is 0.292. The van der Waals surface area contributed by atoms with Gasteiger partial charge in [-0.1, -0.05) is 0 Å². The molecule has 2 atom stereocenters. The van der Waals surface area contributed by atoms with Crippen LogP contribution >= 0.6 is 0 Å². The SMILES string of the molecule is COc1cnc(-c2cc3ccn(CC(F)CC(C)Nc4cn[nH]c(=O)c4C(F)(F)F)c(=O)c3c(F)c2F)nc1. The maximum atomic E-state index is 15.0. The van der Waals surface area contributed by atoms with Crippen molar-refractivity contribution >= 4 is 16.5 Å². The molecule has 4 aromatic rings. The van der Waals surface area contributed by atoms with E-state index in [-0.39, 0.29) is 23.2 Å². The minimum absolute atomic E-state index is 0.0245. The molecule has 9 nitrogen and oxygen atoms in total. The Bertz CT molecular complexity index is 1620. The first-order valence-corrected chi connectivity index (χ1v) is 11.3. The van der Waals surface area contributed by atoms with Crippen LogP contribution in [-0.2, 0) is 12.7 Å². The van der Waals surface area contributed by atoms with Gasteiger partial charge in [0.05, 0.1) is 48.9 Å². The largest absolute Gasteiger partial charge is 0.494 e. The highest BCUT2D eigenvalue weighted by atomic mass is 19.4. The van der Waals surface area contributed by atoms with Gasteiger partial charge in [0.25, 0.3) is 11.1 Å². The Balaban J connectivity index is 1.55. The smallest absolute Gasteiger partial charge is 0.423 e. The molecule has 206 valence electrons. The van der Waals surface area contributed by atoms with Crippen molar-refractivity contribution in [3.63, 3.8) is 0 Å². The van der Waals surface area contributed by atoms with E-state index in [1.807, 2.05) is 0 Å². The highest BCUT2D eigenvalue weighted by Gasteiger charge is 2.37. The van der Waals surface area contributed by atoms with E-state index >= 15 is 0 Å². The zero-order chi connectivity index (χ0) is 28.5. The van der Waals surface area contributed by atoms with Crippen molar-refractivity contribution in [2.45, 2.75) is 38.3 Å². The van der Waals surface area contributed by atoms with Gasteiger partial charge in [0.1, 0.15) is 11.7 Å². The fourth-order valence-electron chi connectivity index (χ4n) is 4.03. The summed E-state index contributed by atoms with van der Waals surface area (Å²) in [6.07, 6.45) is -2.70. The van der Waals surface area contributed by atoms with Gasteiger partial charge in [0.15, 0.2) is 23.2 Å². The summed E-state index contributed by atoms with van der Waals surface area (Å²) in [5.74, 6) is -2.69. The molecule has 0 saturated carbocycles. The molecule has 2 N–H and O–H groups in total. The number of anilines is 1. The Labute approximate surface area is 215 Å². The molecule has 2 unspecified atom stereocenters. The Hall–Kier alpha value is -4.43. The summed E-state index contributed by atoms with van der Waals surface area (Å²) in [6.45, 7) is 0.778. The van der Waals surface area contributed by atoms with Gasteiger partial charge >= 0.3 is 6.18 Å². The third kappa shape index (κ3) is 5.71. The second-order valence-electron chi connectivity index (χ2n) is 8.60. The molecule has 0 saturated heterocycles.